The van der Waals surface area contributed by atoms with Gasteiger partial charge in [0.25, 0.3) is 6.71 Å². The van der Waals surface area contributed by atoms with Crippen molar-refractivity contribution >= 4 is 68.6 Å². The fourth-order valence-electron chi connectivity index (χ4n) is 15.1. The van der Waals surface area contributed by atoms with Gasteiger partial charge in [0.1, 0.15) is 0 Å². The molecule has 0 amide bonds. The van der Waals surface area contributed by atoms with E-state index in [0.29, 0.717) is 0 Å². The molecule has 2 atom stereocenters. The van der Waals surface area contributed by atoms with Gasteiger partial charge in [-0.2, -0.15) is 0 Å². The molecule has 2 aliphatic carbocycles. The van der Waals surface area contributed by atoms with Gasteiger partial charge in [-0.15, -0.1) is 0 Å². The van der Waals surface area contributed by atoms with E-state index in [1.165, 1.54) is 143 Å². The third kappa shape index (κ3) is 7.78. The molecule has 3 aliphatic heterocycles. The minimum absolute atomic E-state index is 0.00240. The molecule has 396 valence electrons. The molecule has 0 saturated heterocycles. The van der Waals surface area contributed by atoms with Gasteiger partial charge in [-0.05, 0) is 201 Å². The van der Waals surface area contributed by atoms with Crippen LogP contribution in [0.4, 0.5) is 45.5 Å². The molecule has 77 heavy (non-hydrogen) atoms. The van der Waals surface area contributed by atoms with E-state index in [1.807, 2.05) is 0 Å². The number of benzene rings is 7. The average molecular weight is 1020 g/mol. The Kier molecular flexibility index (Phi) is 11.4. The number of aryl methyl sites for hydroxylation is 3. The fourth-order valence-corrected chi connectivity index (χ4v) is 15.1. The van der Waals surface area contributed by atoms with Gasteiger partial charge < -0.3 is 14.7 Å². The van der Waals surface area contributed by atoms with E-state index in [4.69, 9.17) is 0 Å². The first-order chi connectivity index (χ1) is 36.0. The van der Waals surface area contributed by atoms with Gasteiger partial charge in [0.2, 0.25) is 0 Å². The SMILES string of the molecule is Cc1cc2c3c(c1)N1c4c(cc(C(C)(C)C)cc4C4(C)CCCCC14C)B3c1ccc(N(c3ccc(C(C)(C)C)cc3C)c3ccc(C(C)(C)C)cc3C)cc1N2c1cc2c(cc1-c1ccccc1)C(C)(C)CCC2(C)C. The third-order valence-corrected chi connectivity index (χ3v) is 20.2. The summed E-state index contributed by atoms with van der Waals surface area (Å²) in [6.07, 6.45) is 7.21. The number of hydrogen-bond donors (Lipinski definition) is 0. The van der Waals surface area contributed by atoms with Crippen LogP contribution in [0.5, 0.6) is 0 Å². The molecule has 0 bridgehead atoms. The largest absolute Gasteiger partial charge is 0.335 e. The van der Waals surface area contributed by atoms with Crippen molar-refractivity contribution in [1.29, 1.82) is 0 Å². The van der Waals surface area contributed by atoms with Crippen molar-refractivity contribution in [3.63, 3.8) is 0 Å². The molecule has 0 spiro atoms. The predicted molar refractivity (Wildman–Crippen MR) is 334 cm³/mol. The maximum atomic E-state index is 2.91. The molecular weight excluding hydrogens is 930 g/mol. The minimum atomic E-state index is -0.0712. The molecule has 3 nitrogen and oxygen atoms in total. The van der Waals surface area contributed by atoms with Crippen LogP contribution in [0.1, 0.15) is 192 Å². The third-order valence-electron chi connectivity index (χ3n) is 20.2. The quantitative estimate of drug-likeness (QED) is 0.159. The first-order valence-electron chi connectivity index (χ1n) is 29.4. The molecule has 0 radical (unpaired) electrons. The van der Waals surface area contributed by atoms with Crippen molar-refractivity contribution in [2.75, 3.05) is 14.7 Å². The lowest BCUT2D eigenvalue weighted by atomic mass is 9.33. The molecule has 2 unspecified atom stereocenters. The summed E-state index contributed by atoms with van der Waals surface area (Å²) in [5.74, 6) is 0. The summed E-state index contributed by atoms with van der Waals surface area (Å²) in [5.41, 5.74) is 29.7. The van der Waals surface area contributed by atoms with Crippen LogP contribution in [0.15, 0.2) is 121 Å². The highest BCUT2D eigenvalue weighted by molar-refractivity contribution is 7.00. The van der Waals surface area contributed by atoms with Crippen molar-refractivity contribution in [2.24, 2.45) is 0 Å². The number of rotatable bonds is 5. The lowest BCUT2D eigenvalue weighted by molar-refractivity contribution is 0.195. The number of nitrogens with zero attached hydrogens (tertiary/aromatic N) is 3. The zero-order valence-corrected chi connectivity index (χ0v) is 50.2. The van der Waals surface area contributed by atoms with Crippen LogP contribution >= 0.6 is 0 Å². The molecule has 4 heteroatoms. The number of fused-ring (bicyclic) bond motifs is 8. The summed E-state index contributed by atoms with van der Waals surface area (Å²) in [4.78, 5) is 8.26. The predicted octanol–water partition coefficient (Wildman–Crippen LogP) is 18.3. The Bertz CT molecular complexity index is 3510. The van der Waals surface area contributed by atoms with E-state index in [2.05, 4.69) is 261 Å². The van der Waals surface area contributed by atoms with Gasteiger partial charge in [0, 0.05) is 50.8 Å². The summed E-state index contributed by atoms with van der Waals surface area (Å²) in [5, 5.41) is 0. The fraction of sp³-hybridized carbons (Fsp3) is 0.425. The van der Waals surface area contributed by atoms with Gasteiger partial charge in [0.15, 0.2) is 0 Å². The van der Waals surface area contributed by atoms with Crippen LogP contribution in [0.3, 0.4) is 0 Å². The Morgan fingerprint density at radius 1 is 0.481 bits per heavy atom. The van der Waals surface area contributed by atoms with E-state index < -0.39 is 0 Å². The molecule has 0 N–H and O–H groups in total. The van der Waals surface area contributed by atoms with Gasteiger partial charge in [-0.1, -0.05) is 183 Å². The van der Waals surface area contributed by atoms with Crippen molar-refractivity contribution < 1.29 is 0 Å². The highest BCUT2D eigenvalue weighted by Crippen LogP contribution is 2.63. The molecule has 0 aromatic heterocycles. The van der Waals surface area contributed by atoms with E-state index in [0.717, 1.165) is 12.8 Å². The van der Waals surface area contributed by atoms with Crippen molar-refractivity contribution in [3.8, 4) is 11.1 Å². The molecule has 1 fully saturated rings. The van der Waals surface area contributed by atoms with E-state index in [9.17, 15) is 0 Å². The molecule has 7 aromatic rings. The first-order valence-corrected chi connectivity index (χ1v) is 29.4. The number of anilines is 8. The van der Waals surface area contributed by atoms with Crippen LogP contribution in [-0.2, 0) is 32.5 Å². The topological polar surface area (TPSA) is 9.72 Å². The number of hydrogen-bond acceptors (Lipinski definition) is 3. The summed E-state index contributed by atoms with van der Waals surface area (Å²) < 4.78 is 0. The van der Waals surface area contributed by atoms with Crippen LogP contribution in [0.2, 0.25) is 0 Å². The van der Waals surface area contributed by atoms with Crippen LogP contribution in [-0.4, -0.2) is 12.3 Å². The van der Waals surface area contributed by atoms with Crippen molar-refractivity contribution in [3.05, 3.63) is 171 Å². The summed E-state index contributed by atoms with van der Waals surface area (Å²) in [6.45, 7) is 43.5. The monoisotopic (exact) mass is 1020 g/mol. The van der Waals surface area contributed by atoms with Crippen LogP contribution < -0.4 is 31.1 Å². The normalized spacial score (nSPS) is 20.8. The highest BCUT2D eigenvalue weighted by atomic mass is 15.3. The first kappa shape index (κ1) is 51.7. The van der Waals surface area contributed by atoms with E-state index in [-0.39, 0.29) is 44.7 Å². The standard InChI is InChI=1S/C73H86BN3/c1-45-36-63-65-64(37-45)77-66-56(72(17)32-22-23-33-73(72,77)18)40-51(69(10,11)12)41-58(66)74(65)57-29-28-52(75(59-30-26-49(38-46(59)2)67(4,5)6)60-31-27-50(39-47(60)3)68(7,8)9)42-62(57)76(63)61-44-55-54(70(13,14)34-35-71(55,15)16)43-53(61)48-24-20-19-21-25-48/h19-21,24-31,36-44H,22-23,32-35H2,1-18H3. The van der Waals surface area contributed by atoms with Crippen LogP contribution in [0, 0.1) is 20.8 Å². The Balaban J connectivity index is 1.22. The Morgan fingerprint density at radius 3 is 1.64 bits per heavy atom. The minimum Gasteiger partial charge on any atom is -0.335 e. The van der Waals surface area contributed by atoms with Gasteiger partial charge in [-0.25, -0.2) is 0 Å². The molecule has 7 aromatic carbocycles. The molecule has 12 rings (SSSR count). The molecular formula is C73H86BN3. The Labute approximate surface area is 464 Å². The summed E-state index contributed by atoms with van der Waals surface area (Å²) in [6, 6.07) is 49.1. The van der Waals surface area contributed by atoms with Crippen molar-refractivity contribution in [2.45, 2.75) is 201 Å². The maximum Gasteiger partial charge on any atom is 0.252 e. The molecule has 1 saturated carbocycles. The van der Waals surface area contributed by atoms with Gasteiger partial charge in [0.05, 0.1) is 11.2 Å². The van der Waals surface area contributed by atoms with Crippen LogP contribution in [0.25, 0.3) is 11.1 Å². The summed E-state index contributed by atoms with van der Waals surface area (Å²) in [7, 11) is 0. The Hall–Kier alpha value is -6.00. The highest BCUT2D eigenvalue weighted by Gasteiger charge is 2.61. The lowest BCUT2D eigenvalue weighted by Crippen LogP contribution is -2.64. The second-order valence-electron chi connectivity index (χ2n) is 29.5. The zero-order valence-electron chi connectivity index (χ0n) is 50.2. The lowest BCUT2D eigenvalue weighted by Gasteiger charge is -2.53. The van der Waals surface area contributed by atoms with E-state index in [1.54, 1.807) is 5.56 Å². The smallest absolute Gasteiger partial charge is 0.252 e. The second kappa shape index (κ2) is 17.0. The molecule has 3 heterocycles. The van der Waals surface area contributed by atoms with Gasteiger partial charge >= 0.3 is 0 Å². The zero-order chi connectivity index (χ0) is 54.9. The maximum absolute atomic E-state index is 2.91. The summed E-state index contributed by atoms with van der Waals surface area (Å²) >= 11 is 0. The molecule has 5 aliphatic rings. The Morgan fingerprint density at radius 2 is 1.05 bits per heavy atom. The average Bonchev–Trinajstić information content (AvgIpc) is 3.67. The van der Waals surface area contributed by atoms with Crippen molar-refractivity contribution in [1.82, 2.24) is 0 Å². The van der Waals surface area contributed by atoms with Gasteiger partial charge in [-0.3, -0.25) is 0 Å². The second-order valence-corrected chi connectivity index (χ2v) is 29.5. The van der Waals surface area contributed by atoms with E-state index >= 15 is 0 Å².